The summed E-state index contributed by atoms with van der Waals surface area (Å²) in [5.74, 6) is 0. The van der Waals surface area contributed by atoms with Crippen molar-refractivity contribution < 1.29 is 0 Å². The SMILES string of the molecule is c1ccc(C2(c3ccccc3)c3c(ccc4c3Cc3ccccc3-4)-c3cccc4cccc2c34)cc1. The normalized spacial score (nSPS) is 14.2. The molecule has 0 saturated heterocycles. The van der Waals surface area contributed by atoms with Gasteiger partial charge in [-0.05, 0) is 72.8 Å². The molecule has 8 rings (SSSR count). The standard InChI is InChI=1S/C36H24/c1-3-14-26(15-4-1)36(27-16-5-2-6-17-27)33-20-10-13-24-12-9-19-30(34(24)33)31-22-21-29-28-18-8-7-11-25(28)23-32(29)35(31)36/h1-22H,23H2. The van der Waals surface area contributed by atoms with Crippen LogP contribution in [-0.2, 0) is 11.8 Å². The molecule has 0 fully saturated rings. The Morgan fingerprint density at radius 1 is 0.444 bits per heavy atom. The Morgan fingerprint density at radius 2 is 1.06 bits per heavy atom. The Hall–Kier alpha value is -4.42. The van der Waals surface area contributed by atoms with E-state index in [1.54, 1.807) is 0 Å². The van der Waals surface area contributed by atoms with Crippen LogP contribution < -0.4 is 0 Å². The summed E-state index contributed by atoms with van der Waals surface area (Å²) in [6, 6.07) is 49.7. The molecular formula is C36H24. The summed E-state index contributed by atoms with van der Waals surface area (Å²) in [7, 11) is 0. The molecule has 0 nitrogen and oxygen atoms in total. The average molecular weight is 457 g/mol. The van der Waals surface area contributed by atoms with Gasteiger partial charge >= 0.3 is 0 Å². The topological polar surface area (TPSA) is 0 Å². The van der Waals surface area contributed by atoms with Crippen LogP contribution in [0.25, 0.3) is 33.0 Å². The second-order valence-electron chi connectivity index (χ2n) is 10.0. The fourth-order valence-corrected chi connectivity index (χ4v) is 7.02. The van der Waals surface area contributed by atoms with Crippen LogP contribution in [0.1, 0.15) is 33.4 Å². The van der Waals surface area contributed by atoms with Gasteiger partial charge in [-0.25, -0.2) is 0 Å². The van der Waals surface area contributed by atoms with Gasteiger partial charge in [-0.2, -0.15) is 0 Å². The predicted octanol–water partition coefficient (Wildman–Crippen LogP) is 8.77. The number of hydrogen-bond acceptors (Lipinski definition) is 0. The van der Waals surface area contributed by atoms with E-state index < -0.39 is 5.41 Å². The zero-order valence-electron chi connectivity index (χ0n) is 19.9. The fraction of sp³-hybridized carbons (Fsp3) is 0.0556. The van der Waals surface area contributed by atoms with Crippen molar-refractivity contribution in [1.82, 2.24) is 0 Å². The van der Waals surface area contributed by atoms with Gasteiger partial charge in [0.15, 0.2) is 0 Å². The number of fused-ring (bicyclic) bond motifs is 6. The van der Waals surface area contributed by atoms with E-state index >= 15 is 0 Å². The minimum absolute atomic E-state index is 0.404. The summed E-state index contributed by atoms with van der Waals surface area (Å²) in [5.41, 5.74) is 13.4. The minimum Gasteiger partial charge on any atom is -0.0622 e. The number of hydrogen-bond donors (Lipinski definition) is 0. The lowest BCUT2D eigenvalue weighted by Gasteiger charge is -2.43. The first-order valence-electron chi connectivity index (χ1n) is 12.8. The molecule has 36 heavy (non-hydrogen) atoms. The molecule has 0 amide bonds. The van der Waals surface area contributed by atoms with E-state index in [1.165, 1.54) is 66.4 Å². The van der Waals surface area contributed by atoms with Crippen LogP contribution in [0.3, 0.4) is 0 Å². The average Bonchev–Trinajstić information content (AvgIpc) is 3.34. The first-order chi connectivity index (χ1) is 17.9. The summed E-state index contributed by atoms with van der Waals surface area (Å²) in [5, 5.41) is 2.67. The maximum atomic E-state index is 2.39. The van der Waals surface area contributed by atoms with Gasteiger partial charge in [0, 0.05) is 0 Å². The first kappa shape index (κ1) is 19.8. The minimum atomic E-state index is -0.404. The van der Waals surface area contributed by atoms with E-state index in [0.717, 1.165) is 6.42 Å². The van der Waals surface area contributed by atoms with E-state index in [9.17, 15) is 0 Å². The highest BCUT2D eigenvalue weighted by Crippen LogP contribution is 2.58. The van der Waals surface area contributed by atoms with Crippen molar-refractivity contribution >= 4 is 10.8 Å². The van der Waals surface area contributed by atoms with Gasteiger partial charge in [0.1, 0.15) is 0 Å². The van der Waals surface area contributed by atoms with Gasteiger partial charge < -0.3 is 0 Å². The molecule has 6 aromatic carbocycles. The van der Waals surface area contributed by atoms with Crippen LogP contribution in [0.2, 0.25) is 0 Å². The van der Waals surface area contributed by atoms with Gasteiger partial charge in [0.25, 0.3) is 0 Å². The lowest BCUT2D eigenvalue weighted by Crippen LogP contribution is -2.35. The smallest absolute Gasteiger partial charge is 0.0622 e. The van der Waals surface area contributed by atoms with Crippen molar-refractivity contribution in [2.75, 3.05) is 0 Å². The molecule has 6 aromatic rings. The van der Waals surface area contributed by atoms with Crippen LogP contribution in [0.15, 0.2) is 133 Å². The van der Waals surface area contributed by atoms with Crippen molar-refractivity contribution in [1.29, 1.82) is 0 Å². The quantitative estimate of drug-likeness (QED) is 0.244. The molecule has 0 heteroatoms. The Kier molecular flexibility index (Phi) is 4.02. The molecule has 168 valence electrons. The fourth-order valence-electron chi connectivity index (χ4n) is 7.02. The van der Waals surface area contributed by atoms with Crippen LogP contribution in [0.4, 0.5) is 0 Å². The molecule has 0 N–H and O–H groups in total. The molecule has 0 aliphatic heterocycles. The maximum Gasteiger partial charge on any atom is 0.0716 e. The highest BCUT2D eigenvalue weighted by Gasteiger charge is 2.46. The Morgan fingerprint density at radius 3 is 1.81 bits per heavy atom. The van der Waals surface area contributed by atoms with E-state index in [2.05, 4.69) is 133 Å². The molecule has 2 aliphatic rings. The summed E-state index contributed by atoms with van der Waals surface area (Å²) in [6.07, 6.45) is 0.967. The van der Waals surface area contributed by atoms with Crippen LogP contribution in [-0.4, -0.2) is 0 Å². The Balaban J connectivity index is 1.63. The van der Waals surface area contributed by atoms with E-state index in [0.29, 0.717) is 0 Å². The van der Waals surface area contributed by atoms with E-state index in [1.807, 2.05) is 0 Å². The maximum absolute atomic E-state index is 2.39. The van der Waals surface area contributed by atoms with Crippen molar-refractivity contribution in [2.45, 2.75) is 11.8 Å². The predicted molar refractivity (Wildman–Crippen MR) is 149 cm³/mol. The lowest BCUT2D eigenvalue weighted by molar-refractivity contribution is 0.741. The van der Waals surface area contributed by atoms with Crippen LogP contribution >= 0.6 is 0 Å². The number of benzene rings is 6. The van der Waals surface area contributed by atoms with Gasteiger partial charge in [-0.3, -0.25) is 0 Å². The molecule has 2 aliphatic carbocycles. The van der Waals surface area contributed by atoms with E-state index in [-0.39, 0.29) is 0 Å². The van der Waals surface area contributed by atoms with Crippen LogP contribution in [0, 0.1) is 0 Å². The molecular weight excluding hydrogens is 432 g/mol. The van der Waals surface area contributed by atoms with Gasteiger partial charge in [-0.1, -0.05) is 133 Å². The van der Waals surface area contributed by atoms with Gasteiger partial charge in [-0.15, -0.1) is 0 Å². The molecule has 0 heterocycles. The molecule has 0 radical (unpaired) electrons. The highest BCUT2D eigenvalue weighted by atomic mass is 14.5. The largest absolute Gasteiger partial charge is 0.0716 e. The molecule has 0 aromatic heterocycles. The molecule has 0 unspecified atom stereocenters. The van der Waals surface area contributed by atoms with Gasteiger partial charge in [0.2, 0.25) is 0 Å². The second-order valence-corrected chi connectivity index (χ2v) is 10.0. The third-order valence-corrected chi connectivity index (χ3v) is 8.38. The van der Waals surface area contributed by atoms with Gasteiger partial charge in [0.05, 0.1) is 5.41 Å². The molecule has 0 saturated carbocycles. The first-order valence-corrected chi connectivity index (χ1v) is 12.8. The third kappa shape index (κ3) is 2.44. The monoisotopic (exact) mass is 456 g/mol. The summed E-state index contributed by atoms with van der Waals surface area (Å²) < 4.78 is 0. The second kappa shape index (κ2) is 7.29. The Labute approximate surface area is 211 Å². The summed E-state index contributed by atoms with van der Waals surface area (Å²) in [4.78, 5) is 0. The van der Waals surface area contributed by atoms with E-state index in [4.69, 9.17) is 0 Å². The summed E-state index contributed by atoms with van der Waals surface area (Å²) in [6.45, 7) is 0. The summed E-state index contributed by atoms with van der Waals surface area (Å²) >= 11 is 0. The van der Waals surface area contributed by atoms with Crippen molar-refractivity contribution in [3.8, 4) is 22.3 Å². The Bertz CT molecular complexity index is 1750. The third-order valence-electron chi connectivity index (χ3n) is 8.38. The molecule has 0 spiro atoms. The number of rotatable bonds is 2. The molecule has 0 bridgehead atoms. The van der Waals surface area contributed by atoms with Crippen molar-refractivity contribution in [2.24, 2.45) is 0 Å². The molecule has 0 atom stereocenters. The highest BCUT2D eigenvalue weighted by molar-refractivity contribution is 6.06. The van der Waals surface area contributed by atoms with Crippen LogP contribution in [0.5, 0.6) is 0 Å². The zero-order chi connectivity index (χ0) is 23.7. The van der Waals surface area contributed by atoms with Crippen molar-refractivity contribution in [3.05, 3.63) is 167 Å². The van der Waals surface area contributed by atoms with Crippen molar-refractivity contribution in [3.63, 3.8) is 0 Å². The zero-order valence-corrected chi connectivity index (χ0v) is 19.9. The lowest BCUT2D eigenvalue weighted by atomic mass is 9.58.